The Balaban J connectivity index is 1.46. The molecule has 0 spiro atoms. The lowest BCUT2D eigenvalue weighted by Crippen LogP contribution is -2.34. The molecule has 3 rings (SSSR count). The topological polar surface area (TPSA) is 87.1 Å². The summed E-state index contributed by atoms with van der Waals surface area (Å²) in [6, 6.07) is 11.9. The van der Waals surface area contributed by atoms with E-state index in [1.54, 1.807) is 36.0 Å². The molecule has 1 aliphatic heterocycles. The van der Waals surface area contributed by atoms with Gasteiger partial charge >= 0.3 is 12.1 Å². The minimum absolute atomic E-state index is 0.0739. The van der Waals surface area contributed by atoms with Gasteiger partial charge < -0.3 is 19.8 Å². The summed E-state index contributed by atoms with van der Waals surface area (Å²) in [7, 11) is 0. The maximum Gasteiger partial charge on any atom is 0.416 e. The number of thioether (sulfide) groups is 1. The lowest BCUT2D eigenvalue weighted by molar-refractivity contribution is -0.138. The molecule has 0 saturated carbocycles. The fraction of sp³-hybridized carbons (Fsp3) is 0.429. The number of hydrogen-bond donors (Lipinski definition) is 2. The van der Waals surface area contributed by atoms with Gasteiger partial charge in [-0.3, -0.25) is 9.59 Å². The number of carbonyl (C=O) groups is 2. The molecular formula is C28H32F3NO5S. The molecule has 10 heteroatoms. The van der Waals surface area contributed by atoms with E-state index < -0.39 is 23.8 Å². The highest BCUT2D eigenvalue weighted by Gasteiger charge is 2.30. The van der Waals surface area contributed by atoms with Crippen LogP contribution in [0.3, 0.4) is 0 Å². The number of likely N-dealkylation sites (tertiary alicyclic amines) is 1. The molecule has 0 radical (unpaired) electrons. The smallest absolute Gasteiger partial charge is 0.416 e. The molecule has 38 heavy (non-hydrogen) atoms. The third kappa shape index (κ3) is 9.72. The number of nitrogens with zero attached hydrogens (tertiary/aromatic N) is 1. The first kappa shape index (κ1) is 29.6. The van der Waals surface area contributed by atoms with Crippen molar-refractivity contribution in [3.05, 3.63) is 77.4 Å². The lowest BCUT2D eigenvalue weighted by Gasteiger charge is -2.22. The second kappa shape index (κ2) is 14.2. The van der Waals surface area contributed by atoms with Crippen LogP contribution >= 0.6 is 11.8 Å². The summed E-state index contributed by atoms with van der Waals surface area (Å²) in [6.45, 7) is 0.702. The van der Waals surface area contributed by atoms with E-state index in [2.05, 4.69) is 0 Å². The molecule has 1 heterocycles. The normalized spacial score (nSPS) is 16.8. The summed E-state index contributed by atoms with van der Waals surface area (Å²) < 4.78 is 43.9. The number of aliphatic hydroxyl groups is 1. The maximum absolute atomic E-state index is 12.7. The number of carboxylic acids is 1. The molecule has 1 amide bonds. The van der Waals surface area contributed by atoms with Gasteiger partial charge in [0.25, 0.3) is 0 Å². The molecular weight excluding hydrogens is 519 g/mol. The van der Waals surface area contributed by atoms with E-state index in [4.69, 9.17) is 9.84 Å². The SMILES string of the molecule is O=C(O)CCCSCCN1C(=O)CC[C@@H]1/C=C/[C@@H](O)Cc1cccc(OCc2ccc(C(F)(F)F)cc2)c1. The lowest BCUT2D eigenvalue weighted by atomic mass is 10.1. The predicted molar refractivity (Wildman–Crippen MR) is 140 cm³/mol. The Labute approximate surface area is 224 Å². The molecule has 0 unspecified atom stereocenters. The molecule has 0 aliphatic carbocycles. The van der Waals surface area contributed by atoms with Crippen LogP contribution in [-0.4, -0.2) is 57.2 Å². The molecule has 6 nitrogen and oxygen atoms in total. The number of amides is 1. The van der Waals surface area contributed by atoms with Crippen LogP contribution in [0.25, 0.3) is 0 Å². The van der Waals surface area contributed by atoms with Crippen molar-refractivity contribution in [1.82, 2.24) is 4.90 Å². The molecule has 206 valence electrons. The van der Waals surface area contributed by atoms with Gasteiger partial charge in [-0.25, -0.2) is 0 Å². The fourth-order valence-electron chi connectivity index (χ4n) is 4.12. The second-order valence-electron chi connectivity index (χ2n) is 9.09. The Morgan fingerprint density at radius 1 is 1.16 bits per heavy atom. The largest absolute Gasteiger partial charge is 0.489 e. The first-order chi connectivity index (χ1) is 18.1. The molecule has 2 aromatic rings. The standard InChI is InChI=1S/C28H32F3NO5S/c29-28(30,31)22-8-6-20(7-9-22)19-37-25-4-1-3-21(18-25)17-24(33)12-10-23-11-13-26(34)32(23)14-16-38-15-2-5-27(35)36/h1,3-4,6-10,12,18,23-24,33H,2,5,11,13-17,19H2,(H,35,36)/b12-10+/t23-,24+/m0/s1. The monoisotopic (exact) mass is 551 g/mol. The molecule has 0 bridgehead atoms. The van der Waals surface area contributed by atoms with Crippen LogP contribution in [0, 0.1) is 0 Å². The Morgan fingerprint density at radius 3 is 2.63 bits per heavy atom. The number of carbonyl (C=O) groups excluding carboxylic acids is 1. The van der Waals surface area contributed by atoms with Gasteiger partial charge in [-0.05, 0) is 54.0 Å². The number of halogens is 3. The number of rotatable bonds is 14. The minimum Gasteiger partial charge on any atom is -0.489 e. The Bertz CT molecular complexity index is 1090. The summed E-state index contributed by atoms with van der Waals surface area (Å²) in [5.41, 5.74) is 0.743. The maximum atomic E-state index is 12.7. The molecule has 0 aromatic heterocycles. The zero-order valence-electron chi connectivity index (χ0n) is 20.9. The predicted octanol–water partition coefficient (Wildman–Crippen LogP) is 5.33. The van der Waals surface area contributed by atoms with Crippen LogP contribution in [0.5, 0.6) is 5.75 Å². The van der Waals surface area contributed by atoms with Gasteiger partial charge in [0.05, 0.1) is 17.7 Å². The first-order valence-corrected chi connectivity index (χ1v) is 13.6. The number of aliphatic hydroxyl groups excluding tert-OH is 1. The van der Waals surface area contributed by atoms with E-state index in [1.807, 2.05) is 17.0 Å². The summed E-state index contributed by atoms with van der Waals surface area (Å²) in [5.74, 6) is 1.30. The van der Waals surface area contributed by atoms with E-state index in [9.17, 15) is 27.9 Å². The zero-order chi connectivity index (χ0) is 27.5. The molecule has 1 saturated heterocycles. The van der Waals surface area contributed by atoms with Gasteiger partial charge in [0, 0.05) is 31.6 Å². The summed E-state index contributed by atoms with van der Waals surface area (Å²) >= 11 is 1.63. The third-order valence-electron chi connectivity index (χ3n) is 6.12. The van der Waals surface area contributed by atoms with Gasteiger partial charge in [-0.1, -0.05) is 36.4 Å². The number of hydrogen-bond acceptors (Lipinski definition) is 5. The highest BCUT2D eigenvalue weighted by molar-refractivity contribution is 7.99. The van der Waals surface area contributed by atoms with Crippen molar-refractivity contribution in [3.8, 4) is 5.75 Å². The number of benzene rings is 2. The van der Waals surface area contributed by atoms with Gasteiger partial charge in [0.1, 0.15) is 12.4 Å². The molecule has 1 aliphatic rings. The van der Waals surface area contributed by atoms with E-state index in [1.165, 1.54) is 12.1 Å². The number of ether oxygens (including phenoxy) is 1. The van der Waals surface area contributed by atoms with Gasteiger partial charge in [0.2, 0.25) is 5.91 Å². The zero-order valence-corrected chi connectivity index (χ0v) is 21.7. The number of alkyl halides is 3. The summed E-state index contributed by atoms with van der Waals surface area (Å²) in [5, 5.41) is 19.2. The van der Waals surface area contributed by atoms with Crippen molar-refractivity contribution < 1.29 is 37.7 Å². The van der Waals surface area contributed by atoms with Gasteiger partial charge in [0.15, 0.2) is 0 Å². The average molecular weight is 552 g/mol. The van der Waals surface area contributed by atoms with Crippen LogP contribution < -0.4 is 4.74 Å². The van der Waals surface area contributed by atoms with Crippen LogP contribution in [0.15, 0.2) is 60.7 Å². The van der Waals surface area contributed by atoms with E-state index >= 15 is 0 Å². The highest BCUT2D eigenvalue weighted by Crippen LogP contribution is 2.29. The highest BCUT2D eigenvalue weighted by atomic mass is 32.2. The van der Waals surface area contributed by atoms with E-state index in [0.29, 0.717) is 43.5 Å². The van der Waals surface area contributed by atoms with Crippen molar-refractivity contribution in [2.24, 2.45) is 0 Å². The average Bonchev–Trinajstić information content (AvgIpc) is 3.22. The second-order valence-corrected chi connectivity index (χ2v) is 10.3. The first-order valence-electron chi connectivity index (χ1n) is 12.4. The Kier molecular flexibility index (Phi) is 11.1. The molecule has 2 N–H and O–H groups in total. The van der Waals surface area contributed by atoms with Crippen molar-refractivity contribution in [3.63, 3.8) is 0 Å². The Hall–Kier alpha value is -2.98. The molecule has 2 atom stereocenters. The third-order valence-corrected chi connectivity index (χ3v) is 7.16. The van der Waals surface area contributed by atoms with Crippen molar-refractivity contribution in [1.29, 1.82) is 0 Å². The summed E-state index contributed by atoms with van der Waals surface area (Å²) in [4.78, 5) is 24.7. The molecule has 1 fully saturated rings. The quantitative estimate of drug-likeness (QED) is 0.244. The number of carboxylic acid groups (broad SMARTS) is 1. The molecule has 2 aromatic carbocycles. The van der Waals surface area contributed by atoms with Crippen molar-refractivity contribution in [2.75, 3.05) is 18.1 Å². The van der Waals surface area contributed by atoms with Crippen LogP contribution in [-0.2, 0) is 28.8 Å². The van der Waals surface area contributed by atoms with Gasteiger partial charge in [-0.15, -0.1) is 0 Å². The van der Waals surface area contributed by atoms with E-state index in [0.717, 1.165) is 29.2 Å². The van der Waals surface area contributed by atoms with E-state index in [-0.39, 0.29) is 25.0 Å². The number of aliphatic carboxylic acids is 1. The Morgan fingerprint density at radius 2 is 1.92 bits per heavy atom. The fourth-order valence-corrected chi connectivity index (χ4v) is 5.00. The van der Waals surface area contributed by atoms with Crippen molar-refractivity contribution in [2.45, 2.75) is 57.0 Å². The van der Waals surface area contributed by atoms with Gasteiger partial charge in [-0.2, -0.15) is 24.9 Å². The van der Waals surface area contributed by atoms with Crippen LogP contribution in [0.2, 0.25) is 0 Å². The minimum atomic E-state index is -4.38. The van der Waals surface area contributed by atoms with Crippen LogP contribution in [0.4, 0.5) is 13.2 Å². The summed E-state index contributed by atoms with van der Waals surface area (Å²) in [6.07, 6.45) is 0.681. The van der Waals surface area contributed by atoms with Crippen molar-refractivity contribution >= 4 is 23.6 Å². The van der Waals surface area contributed by atoms with Crippen LogP contribution in [0.1, 0.15) is 42.4 Å².